The molecule has 0 saturated heterocycles. The van der Waals surface area contributed by atoms with Crippen molar-refractivity contribution in [2.75, 3.05) is 27.9 Å². The van der Waals surface area contributed by atoms with Crippen LogP contribution in [-0.2, 0) is 4.79 Å². The van der Waals surface area contributed by atoms with Crippen LogP contribution in [0.4, 0.5) is 41.1 Å². The highest BCUT2D eigenvalue weighted by Crippen LogP contribution is 2.33. The van der Waals surface area contributed by atoms with Gasteiger partial charge in [0.25, 0.3) is 0 Å². The lowest BCUT2D eigenvalue weighted by Gasteiger charge is -2.37. The lowest BCUT2D eigenvalue weighted by Crippen LogP contribution is -2.51. The Balaban J connectivity index is 1.32. The second-order valence-electron chi connectivity index (χ2n) is 7.96. The quantitative estimate of drug-likeness (QED) is 0.535. The Hall–Kier alpha value is -3.57. The number of likely N-dealkylation sites (N-methyl/N-ethyl adjacent to an activating group) is 1. The van der Waals surface area contributed by atoms with E-state index in [1.165, 1.54) is 0 Å². The molecule has 1 atom stereocenters. The first-order chi connectivity index (χ1) is 15.1. The van der Waals surface area contributed by atoms with Gasteiger partial charge in [-0.15, -0.1) is 0 Å². The van der Waals surface area contributed by atoms with Crippen LogP contribution in [0.25, 0.3) is 0 Å². The standard InChI is InChI=1S/C20H22F3N7O2/c1-8-16-17(30(3)9(2)18(31)28-16)29-19(24-8)25-10-4-11(5-10)26-20(32)27-15-7-13(22)12(21)6-14(15)23/h6-7,9-11H,4-5H2,1-3H3,(H,28,31)(H,24,25,29)(H2,26,27,32)/t9-,10-,11+/m0/s1. The fourth-order valence-corrected chi connectivity index (χ4v) is 3.61. The number of anilines is 4. The monoisotopic (exact) mass is 449 g/mol. The van der Waals surface area contributed by atoms with Gasteiger partial charge in [0.2, 0.25) is 11.9 Å². The highest BCUT2D eigenvalue weighted by atomic mass is 19.2. The maximum atomic E-state index is 13.7. The molecule has 4 rings (SSSR count). The average molecular weight is 449 g/mol. The molecule has 170 valence electrons. The van der Waals surface area contributed by atoms with Gasteiger partial charge in [-0.2, -0.15) is 4.98 Å². The molecule has 4 N–H and O–H groups in total. The highest BCUT2D eigenvalue weighted by molar-refractivity contribution is 6.03. The number of halogens is 3. The smallest absolute Gasteiger partial charge is 0.319 e. The summed E-state index contributed by atoms with van der Waals surface area (Å²) in [5, 5.41) is 10.9. The molecule has 1 aromatic carbocycles. The van der Waals surface area contributed by atoms with Crippen LogP contribution in [0.1, 0.15) is 25.5 Å². The largest absolute Gasteiger partial charge is 0.351 e. The Morgan fingerprint density at radius 3 is 2.53 bits per heavy atom. The number of amides is 3. The summed E-state index contributed by atoms with van der Waals surface area (Å²) in [7, 11) is 1.79. The van der Waals surface area contributed by atoms with Crippen molar-refractivity contribution in [3.8, 4) is 0 Å². The molecule has 3 amide bonds. The van der Waals surface area contributed by atoms with Crippen molar-refractivity contribution >= 4 is 35.1 Å². The van der Waals surface area contributed by atoms with Gasteiger partial charge >= 0.3 is 6.03 Å². The van der Waals surface area contributed by atoms with Gasteiger partial charge in [-0.3, -0.25) is 4.79 Å². The lowest BCUT2D eigenvalue weighted by molar-refractivity contribution is -0.117. The van der Waals surface area contributed by atoms with Crippen LogP contribution in [0.2, 0.25) is 0 Å². The van der Waals surface area contributed by atoms with Gasteiger partial charge in [0.15, 0.2) is 17.5 Å². The van der Waals surface area contributed by atoms with E-state index >= 15 is 0 Å². The van der Waals surface area contributed by atoms with Crippen molar-refractivity contribution in [2.24, 2.45) is 0 Å². The van der Waals surface area contributed by atoms with Crippen LogP contribution in [0, 0.1) is 24.4 Å². The number of aryl methyl sites for hydroxylation is 1. The summed E-state index contributed by atoms with van der Waals surface area (Å²) in [6, 6.07) is -0.310. The summed E-state index contributed by atoms with van der Waals surface area (Å²) < 4.78 is 39.9. The molecule has 0 spiro atoms. The number of hydrogen-bond donors (Lipinski definition) is 4. The van der Waals surface area contributed by atoms with Crippen molar-refractivity contribution in [3.63, 3.8) is 0 Å². The van der Waals surface area contributed by atoms with E-state index < -0.39 is 29.2 Å². The molecule has 9 nitrogen and oxygen atoms in total. The summed E-state index contributed by atoms with van der Waals surface area (Å²) >= 11 is 0. The van der Waals surface area contributed by atoms with Crippen LogP contribution in [0.15, 0.2) is 12.1 Å². The Labute approximate surface area is 181 Å². The third kappa shape index (κ3) is 4.12. The number of carbonyl (C=O) groups excluding carboxylic acids is 2. The molecule has 32 heavy (non-hydrogen) atoms. The zero-order valence-corrected chi connectivity index (χ0v) is 17.6. The Bertz CT molecular complexity index is 1090. The van der Waals surface area contributed by atoms with Gasteiger partial charge in [0.05, 0.1) is 11.4 Å². The van der Waals surface area contributed by atoms with Gasteiger partial charge in [-0.05, 0) is 26.7 Å². The minimum atomic E-state index is -1.33. The van der Waals surface area contributed by atoms with E-state index in [-0.39, 0.29) is 24.0 Å². The topological polar surface area (TPSA) is 111 Å². The van der Waals surface area contributed by atoms with Crippen molar-refractivity contribution < 1.29 is 22.8 Å². The van der Waals surface area contributed by atoms with Crippen LogP contribution in [0.3, 0.4) is 0 Å². The summed E-state index contributed by atoms with van der Waals surface area (Å²) in [5.74, 6) is -2.75. The molecular formula is C20H22F3N7O2. The van der Waals surface area contributed by atoms with E-state index in [1.54, 1.807) is 25.8 Å². The van der Waals surface area contributed by atoms with E-state index in [2.05, 4.69) is 31.2 Å². The van der Waals surface area contributed by atoms with Crippen molar-refractivity contribution in [1.82, 2.24) is 15.3 Å². The average Bonchev–Trinajstić information content (AvgIpc) is 2.69. The summed E-state index contributed by atoms with van der Waals surface area (Å²) in [4.78, 5) is 34.7. The number of aromatic nitrogens is 2. The van der Waals surface area contributed by atoms with Gasteiger partial charge in [-0.1, -0.05) is 0 Å². The lowest BCUT2D eigenvalue weighted by atomic mass is 9.87. The van der Waals surface area contributed by atoms with Gasteiger partial charge in [-0.25, -0.2) is 22.9 Å². The van der Waals surface area contributed by atoms with Crippen molar-refractivity contribution in [3.05, 3.63) is 35.3 Å². The van der Waals surface area contributed by atoms with Gasteiger partial charge in [0, 0.05) is 31.3 Å². The van der Waals surface area contributed by atoms with Gasteiger partial charge < -0.3 is 26.2 Å². The SMILES string of the molecule is Cc1nc(N[C@H]2C[C@@H](NC(=O)Nc3cc(F)c(F)cc3F)C2)nc2c1NC(=O)[C@H](C)N2C. The van der Waals surface area contributed by atoms with E-state index in [1.807, 2.05) is 0 Å². The number of carbonyl (C=O) groups is 2. The van der Waals surface area contributed by atoms with Crippen LogP contribution in [0.5, 0.6) is 0 Å². The maximum absolute atomic E-state index is 13.7. The fourth-order valence-electron chi connectivity index (χ4n) is 3.61. The Morgan fingerprint density at radius 1 is 1.12 bits per heavy atom. The second kappa shape index (κ2) is 8.17. The molecule has 1 saturated carbocycles. The minimum absolute atomic E-state index is 0.00124. The number of fused-ring (bicyclic) bond motifs is 1. The number of nitrogens with one attached hydrogen (secondary N) is 4. The molecule has 2 aliphatic rings. The molecule has 0 radical (unpaired) electrons. The minimum Gasteiger partial charge on any atom is -0.351 e. The van der Waals surface area contributed by atoms with E-state index in [0.717, 1.165) is 0 Å². The number of benzene rings is 1. The first-order valence-corrected chi connectivity index (χ1v) is 10.0. The fraction of sp³-hybridized carbons (Fsp3) is 0.400. The Kier molecular flexibility index (Phi) is 5.53. The molecule has 2 heterocycles. The third-order valence-corrected chi connectivity index (χ3v) is 5.68. The van der Waals surface area contributed by atoms with Crippen LogP contribution in [-0.4, -0.2) is 47.1 Å². The molecule has 1 aliphatic heterocycles. The normalized spacial score (nSPS) is 21.9. The molecule has 0 unspecified atom stereocenters. The summed E-state index contributed by atoms with van der Waals surface area (Å²) in [6.45, 7) is 3.56. The number of rotatable bonds is 4. The maximum Gasteiger partial charge on any atom is 0.319 e. The molecule has 1 aliphatic carbocycles. The van der Waals surface area contributed by atoms with Gasteiger partial charge in [0.1, 0.15) is 17.5 Å². The number of nitrogens with zero attached hydrogens (tertiary/aromatic N) is 3. The van der Waals surface area contributed by atoms with Crippen LogP contribution < -0.4 is 26.2 Å². The second-order valence-corrected chi connectivity index (χ2v) is 7.96. The molecule has 1 fully saturated rings. The first-order valence-electron chi connectivity index (χ1n) is 10.0. The molecule has 1 aromatic heterocycles. The predicted molar refractivity (Wildman–Crippen MR) is 112 cm³/mol. The number of urea groups is 1. The molecule has 12 heteroatoms. The zero-order valence-electron chi connectivity index (χ0n) is 17.6. The third-order valence-electron chi connectivity index (χ3n) is 5.68. The van der Waals surface area contributed by atoms with Crippen LogP contribution >= 0.6 is 0 Å². The first kappa shape index (κ1) is 21.7. The Morgan fingerprint density at radius 2 is 1.81 bits per heavy atom. The van der Waals surface area contributed by atoms with E-state index in [4.69, 9.17) is 0 Å². The highest BCUT2D eigenvalue weighted by Gasteiger charge is 2.33. The molecule has 2 aromatic rings. The van der Waals surface area contributed by atoms with E-state index in [0.29, 0.717) is 48.1 Å². The number of hydrogen-bond acceptors (Lipinski definition) is 6. The zero-order chi connectivity index (χ0) is 23.2. The molecule has 0 bridgehead atoms. The summed E-state index contributed by atoms with van der Waals surface area (Å²) in [5.41, 5.74) is 0.765. The summed E-state index contributed by atoms with van der Waals surface area (Å²) in [6.07, 6.45) is 1.13. The predicted octanol–water partition coefficient (Wildman–Crippen LogP) is 2.74. The molecular weight excluding hydrogens is 427 g/mol. The van der Waals surface area contributed by atoms with E-state index in [9.17, 15) is 22.8 Å². The van der Waals surface area contributed by atoms with Crippen molar-refractivity contribution in [2.45, 2.75) is 44.8 Å². The van der Waals surface area contributed by atoms with Crippen molar-refractivity contribution in [1.29, 1.82) is 0 Å².